The molecule has 0 bridgehead atoms. The summed E-state index contributed by atoms with van der Waals surface area (Å²) in [5, 5.41) is 14.9. The molecule has 1 heterocycles. The highest BCUT2D eigenvalue weighted by Crippen LogP contribution is 2.41. The maximum Gasteiger partial charge on any atom is 0.262 e. The Labute approximate surface area is 135 Å². The van der Waals surface area contributed by atoms with Gasteiger partial charge in [-0.2, -0.15) is 5.26 Å². The Hall–Kier alpha value is -1.71. The van der Waals surface area contributed by atoms with Crippen molar-refractivity contribution in [2.75, 3.05) is 13.2 Å². The summed E-state index contributed by atoms with van der Waals surface area (Å²) < 4.78 is 5.40. The van der Waals surface area contributed by atoms with E-state index in [0.29, 0.717) is 24.8 Å². The van der Waals surface area contributed by atoms with Gasteiger partial charge >= 0.3 is 0 Å². The van der Waals surface area contributed by atoms with Crippen LogP contribution in [0.3, 0.4) is 0 Å². The van der Waals surface area contributed by atoms with Crippen LogP contribution in [0.5, 0.6) is 0 Å². The first-order valence-electron chi connectivity index (χ1n) is 7.57. The Morgan fingerprint density at radius 3 is 3.05 bits per heavy atom. The van der Waals surface area contributed by atoms with E-state index in [2.05, 4.69) is 10.3 Å². The number of rotatable bonds is 8. The Morgan fingerprint density at radius 2 is 2.41 bits per heavy atom. The molecular weight excluding hydrogens is 298 g/mol. The van der Waals surface area contributed by atoms with Crippen molar-refractivity contribution in [1.82, 2.24) is 10.3 Å². The molecule has 0 saturated heterocycles. The van der Waals surface area contributed by atoms with Crippen molar-refractivity contribution < 1.29 is 9.53 Å². The van der Waals surface area contributed by atoms with Crippen LogP contribution in [-0.4, -0.2) is 30.1 Å². The average molecular weight is 319 g/mol. The number of ether oxygens (including phenoxy) is 1. The van der Waals surface area contributed by atoms with E-state index >= 15 is 0 Å². The highest BCUT2D eigenvalue weighted by atomic mass is 32.1. The molecule has 22 heavy (non-hydrogen) atoms. The molecule has 1 amide bonds. The zero-order valence-corrected chi connectivity index (χ0v) is 13.8. The van der Waals surface area contributed by atoms with Gasteiger partial charge in [0.15, 0.2) is 0 Å². The van der Waals surface area contributed by atoms with Gasteiger partial charge in [-0.25, -0.2) is 4.98 Å². The van der Waals surface area contributed by atoms with Crippen LogP contribution < -0.4 is 5.32 Å². The van der Waals surface area contributed by atoms with Crippen molar-refractivity contribution in [1.29, 1.82) is 5.26 Å². The molecule has 1 aromatic heterocycles. The number of carbonyl (C=O) groups is 1. The number of nitrogens with zero attached hydrogens (tertiary/aromatic N) is 2. The van der Waals surface area contributed by atoms with E-state index in [1.165, 1.54) is 12.8 Å². The number of nitriles is 1. The molecule has 1 aliphatic carbocycles. The van der Waals surface area contributed by atoms with Gasteiger partial charge < -0.3 is 10.1 Å². The molecule has 118 valence electrons. The molecule has 1 saturated carbocycles. The fourth-order valence-electron chi connectivity index (χ4n) is 1.87. The first kappa shape index (κ1) is 16.7. The number of amides is 1. The molecular formula is C16H21N3O2S. The van der Waals surface area contributed by atoms with Gasteiger partial charge in [-0.3, -0.25) is 4.79 Å². The third-order valence-corrected chi connectivity index (χ3v) is 4.21. The Balaban J connectivity index is 1.82. The average Bonchev–Trinajstić information content (AvgIpc) is 3.23. The summed E-state index contributed by atoms with van der Waals surface area (Å²) in [6, 6.07) is 1.95. The van der Waals surface area contributed by atoms with E-state index in [1.54, 1.807) is 17.4 Å². The van der Waals surface area contributed by atoms with Gasteiger partial charge in [0.05, 0.1) is 16.8 Å². The number of hydrogen-bond donors (Lipinski definition) is 1. The van der Waals surface area contributed by atoms with E-state index in [1.807, 2.05) is 25.3 Å². The molecule has 1 N–H and O–H groups in total. The van der Waals surface area contributed by atoms with Crippen LogP contribution >= 0.6 is 11.3 Å². The molecule has 2 rings (SSSR count). The maximum atomic E-state index is 12.0. The minimum Gasteiger partial charge on any atom is -0.379 e. The second kappa shape index (κ2) is 8.06. The minimum atomic E-state index is -0.354. The third-order valence-electron chi connectivity index (χ3n) is 3.18. The highest BCUT2D eigenvalue weighted by Gasteiger charge is 2.26. The van der Waals surface area contributed by atoms with Crippen LogP contribution in [-0.2, 0) is 9.53 Å². The van der Waals surface area contributed by atoms with Gasteiger partial charge in [0, 0.05) is 24.4 Å². The van der Waals surface area contributed by atoms with Crippen LogP contribution in [0.4, 0.5) is 0 Å². The van der Waals surface area contributed by atoms with Gasteiger partial charge in [-0.1, -0.05) is 0 Å². The van der Waals surface area contributed by atoms with Crippen molar-refractivity contribution in [2.45, 2.75) is 45.1 Å². The predicted octanol–water partition coefficient (Wildman–Crippen LogP) is 2.86. The summed E-state index contributed by atoms with van der Waals surface area (Å²) in [6.07, 6.45) is 4.87. The van der Waals surface area contributed by atoms with E-state index in [4.69, 9.17) is 10.00 Å². The predicted molar refractivity (Wildman–Crippen MR) is 86.4 cm³/mol. The molecule has 1 fully saturated rings. The van der Waals surface area contributed by atoms with Crippen molar-refractivity contribution in [3.63, 3.8) is 0 Å². The van der Waals surface area contributed by atoms with Gasteiger partial charge in [0.2, 0.25) is 0 Å². The molecule has 1 aromatic rings. The fourth-order valence-corrected chi connectivity index (χ4v) is 2.82. The SMILES string of the molecule is CC(C)OCCCNC(=O)C(C#N)=Cc1csc(C2CC2)n1. The maximum absolute atomic E-state index is 12.0. The van der Waals surface area contributed by atoms with E-state index in [9.17, 15) is 4.79 Å². The van der Waals surface area contributed by atoms with Gasteiger partial charge in [0.1, 0.15) is 11.6 Å². The number of thiazole rings is 1. The van der Waals surface area contributed by atoms with Crippen LogP contribution in [0.2, 0.25) is 0 Å². The van der Waals surface area contributed by atoms with E-state index < -0.39 is 0 Å². The van der Waals surface area contributed by atoms with Gasteiger partial charge in [-0.15, -0.1) is 11.3 Å². The zero-order chi connectivity index (χ0) is 15.9. The molecule has 0 spiro atoms. The standard InChI is InChI=1S/C16H21N3O2S/c1-11(2)21-7-3-6-18-15(20)13(9-17)8-14-10-22-16(19-14)12-4-5-12/h8,10-12H,3-7H2,1-2H3,(H,18,20). The van der Waals surface area contributed by atoms with E-state index in [-0.39, 0.29) is 17.6 Å². The summed E-state index contributed by atoms with van der Waals surface area (Å²) in [7, 11) is 0. The number of hydrogen-bond acceptors (Lipinski definition) is 5. The smallest absolute Gasteiger partial charge is 0.262 e. The lowest BCUT2D eigenvalue weighted by molar-refractivity contribution is -0.117. The Morgan fingerprint density at radius 1 is 1.64 bits per heavy atom. The van der Waals surface area contributed by atoms with Crippen molar-refractivity contribution in [3.8, 4) is 6.07 Å². The molecule has 5 nitrogen and oxygen atoms in total. The second-order valence-electron chi connectivity index (χ2n) is 5.58. The Kier molecular flexibility index (Phi) is 6.10. The number of aromatic nitrogens is 1. The van der Waals surface area contributed by atoms with Crippen molar-refractivity contribution in [2.24, 2.45) is 0 Å². The van der Waals surface area contributed by atoms with Crippen LogP contribution in [0, 0.1) is 11.3 Å². The van der Waals surface area contributed by atoms with Crippen LogP contribution in [0.15, 0.2) is 11.0 Å². The number of carbonyl (C=O) groups excluding carboxylic acids is 1. The molecule has 6 heteroatoms. The topological polar surface area (TPSA) is 75.0 Å². The molecule has 0 aliphatic heterocycles. The second-order valence-corrected chi connectivity index (χ2v) is 6.47. The summed E-state index contributed by atoms with van der Waals surface area (Å²) in [6.45, 7) is 5.03. The largest absolute Gasteiger partial charge is 0.379 e. The monoisotopic (exact) mass is 319 g/mol. The highest BCUT2D eigenvalue weighted by molar-refractivity contribution is 7.09. The molecule has 0 atom stereocenters. The van der Waals surface area contributed by atoms with E-state index in [0.717, 1.165) is 11.4 Å². The van der Waals surface area contributed by atoms with Crippen molar-refractivity contribution >= 4 is 23.3 Å². The van der Waals surface area contributed by atoms with Crippen LogP contribution in [0.1, 0.15) is 49.7 Å². The van der Waals surface area contributed by atoms with Gasteiger partial charge in [0.25, 0.3) is 5.91 Å². The first-order valence-corrected chi connectivity index (χ1v) is 8.45. The van der Waals surface area contributed by atoms with Crippen molar-refractivity contribution in [3.05, 3.63) is 21.7 Å². The minimum absolute atomic E-state index is 0.0948. The lowest BCUT2D eigenvalue weighted by Crippen LogP contribution is -2.26. The van der Waals surface area contributed by atoms with Crippen LogP contribution in [0.25, 0.3) is 6.08 Å². The molecule has 0 radical (unpaired) electrons. The fraction of sp³-hybridized carbons (Fsp3) is 0.562. The lowest BCUT2D eigenvalue weighted by Gasteiger charge is -2.07. The summed E-state index contributed by atoms with van der Waals surface area (Å²) >= 11 is 1.60. The summed E-state index contributed by atoms with van der Waals surface area (Å²) in [4.78, 5) is 16.4. The quantitative estimate of drug-likeness (QED) is 0.454. The summed E-state index contributed by atoms with van der Waals surface area (Å²) in [5.74, 6) is 0.237. The first-order chi connectivity index (χ1) is 10.6. The molecule has 0 aromatic carbocycles. The normalized spacial score (nSPS) is 14.9. The third kappa shape index (κ3) is 5.24. The lowest BCUT2D eigenvalue weighted by atomic mass is 10.2. The van der Waals surface area contributed by atoms with Gasteiger partial charge in [-0.05, 0) is 39.2 Å². The Bertz CT molecular complexity index is 582. The molecule has 1 aliphatic rings. The summed E-state index contributed by atoms with van der Waals surface area (Å²) in [5.41, 5.74) is 0.791. The zero-order valence-electron chi connectivity index (χ0n) is 13.0. The number of nitrogens with one attached hydrogen (secondary N) is 1. The molecule has 0 unspecified atom stereocenters.